The molecular formula is C9H12NO4. The van der Waals surface area contributed by atoms with Crippen LogP contribution in [0.15, 0.2) is 18.2 Å². The van der Waals surface area contributed by atoms with Crippen molar-refractivity contribution in [2.75, 3.05) is 14.2 Å². The lowest BCUT2D eigenvalue weighted by atomic mass is 10.2. The maximum Gasteiger partial charge on any atom is 0.173 e. The molecule has 0 atom stereocenters. The zero-order chi connectivity index (χ0) is 10.4. The van der Waals surface area contributed by atoms with Crippen LogP contribution in [0, 0.1) is 0 Å². The lowest BCUT2D eigenvalue weighted by Gasteiger charge is -2.08. The minimum Gasteiger partial charge on any atom is -0.338 e. The molecule has 0 aliphatic rings. The normalized spacial score (nSPS) is 9.93. The number of rotatable bonds is 5. The highest BCUT2D eigenvalue weighted by Gasteiger charge is 2.06. The van der Waals surface area contributed by atoms with Gasteiger partial charge in [0.05, 0.1) is 14.2 Å². The first-order valence-corrected chi connectivity index (χ1v) is 4.00. The summed E-state index contributed by atoms with van der Waals surface area (Å²) in [6, 6.07) is 5.00. The van der Waals surface area contributed by atoms with E-state index < -0.39 is 0 Å². The highest BCUT2D eigenvalue weighted by molar-refractivity contribution is 5.40. The van der Waals surface area contributed by atoms with Crippen molar-refractivity contribution in [3.63, 3.8) is 0 Å². The van der Waals surface area contributed by atoms with Gasteiger partial charge in [-0.2, -0.15) is 9.78 Å². The van der Waals surface area contributed by atoms with Crippen LogP contribution in [0.1, 0.15) is 5.56 Å². The molecule has 1 rings (SSSR count). The second kappa shape index (κ2) is 5.43. The average Bonchev–Trinajstić information content (AvgIpc) is 2.19. The van der Waals surface area contributed by atoms with E-state index in [4.69, 9.17) is 15.5 Å². The van der Waals surface area contributed by atoms with Gasteiger partial charge in [0, 0.05) is 18.2 Å². The Morgan fingerprint density at radius 2 is 1.86 bits per heavy atom. The average molecular weight is 198 g/mol. The van der Waals surface area contributed by atoms with Crippen LogP contribution in [0.4, 0.5) is 0 Å². The van der Waals surface area contributed by atoms with Gasteiger partial charge in [-0.25, -0.2) is 0 Å². The van der Waals surface area contributed by atoms with Crippen molar-refractivity contribution in [1.29, 1.82) is 0 Å². The third-order valence-electron chi connectivity index (χ3n) is 1.58. The van der Waals surface area contributed by atoms with E-state index in [2.05, 4.69) is 9.78 Å². The van der Waals surface area contributed by atoms with E-state index >= 15 is 0 Å². The van der Waals surface area contributed by atoms with Crippen molar-refractivity contribution in [1.82, 2.24) is 5.73 Å². The summed E-state index contributed by atoms with van der Waals surface area (Å²) in [6.45, 7) is 0.117. The van der Waals surface area contributed by atoms with Crippen molar-refractivity contribution < 1.29 is 19.6 Å². The minimum absolute atomic E-state index is 0.117. The molecule has 1 aromatic rings. The zero-order valence-corrected chi connectivity index (χ0v) is 8.07. The maximum absolute atomic E-state index is 7.23. The van der Waals surface area contributed by atoms with Crippen LogP contribution in [0.5, 0.6) is 11.5 Å². The second-order valence-corrected chi connectivity index (χ2v) is 2.45. The lowest BCUT2D eigenvalue weighted by Crippen LogP contribution is -1.98. The first-order chi connectivity index (χ1) is 6.81. The van der Waals surface area contributed by atoms with Gasteiger partial charge in [0.1, 0.15) is 0 Å². The van der Waals surface area contributed by atoms with Gasteiger partial charge in [0.2, 0.25) is 0 Å². The van der Waals surface area contributed by atoms with Gasteiger partial charge in [-0.15, -0.1) is 0 Å². The fourth-order valence-corrected chi connectivity index (χ4v) is 0.996. The predicted octanol–water partition coefficient (Wildman–Crippen LogP) is 1.35. The summed E-state index contributed by atoms with van der Waals surface area (Å²) in [6.07, 6.45) is 0. The molecule has 0 saturated heterocycles. The van der Waals surface area contributed by atoms with Crippen LogP contribution in [-0.2, 0) is 16.3 Å². The molecule has 0 bridgehead atoms. The lowest BCUT2D eigenvalue weighted by molar-refractivity contribution is -0.184. The Kier molecular flexibility index (Phi) is 4.18. The summed E-state index contributed by atoms with van der Waals surface area (Å²) in [4.78, 5) is 18.7. The number of hydrogen-bond donors (Lipinski definition) is 0. The first kappa shape index (κ1) is 10.8. The molecule has 0 aliphatic carbocycles. The van der Waals surface area contributed by atoms with Gasteiger partial charge >= 0.3 is 0 Å². The van der Waals surface area contributed by atoms with E-state index in [1.165, 1.54) is 14.2 Å². The minimum atomic E-state index is 0.117. The van der Waals surface area contributed by atoms with Gasteiger partial charge in [0.25, 0.3) is 0 Å². The molecule has 0 aliphatic heterocycles. The Morgan fingerprint density at radius 3 is 2.43 bits per heavy atom. The Morgan fingerprint density at radius 1 is 1.14 bits per heavy atom. The molecule has 14 heavy (non-hydrogen) atoms. The van der Waals surface area contributed by atoms with Gasteiger partial charge in [0.15, 0.2) is 11.5 Å². The van der Waals surface area contributed by atoms with Gasteiger partial charge in [-0.3, -0.25) is 5.73 Å². The molecule has 0 unspecified atom stereocenters. The Balaban J connectivity index is 2.88. The molecule has 0 amide bonds. The third-order valence-corrected chi connectivity index (χ3v) is 1.58. The molecule has 1 radical (unpaired) electrons. The van der Waals surface area contributed by atoms with E-state index in [9.17, 15) is 0 Å². The molecule has 77 valence electrons. The first-order valence-electron chi connectivity index (χ1n) is 4.00. The second-order valence-electron chi connectivity index (χ2n) is 2.45. The Bertz CT molecular complexity index is 290. The van der Waals surface area contributed by atoms with Gasteiger partial charge in [-0.05, 0) is 12.1 Å². The summed E-state index contributed by atoms with van der Waals surface area (Å²) < 4.78 is 0. The maximum atomic E-state index is 7.23. The van der Waals surface area contributed by atoms with E-state index in [1.54, 1.807) is 18.2 Å². The van der Waals surface area contributed by atoms with Gasteiger partial charge < -0.3 is 9.78 Å². The molecule has 0 spiro atoms. The van der Waals surface area contributed by atoms with E-state index in [0.29, 0.717) is 11.5 Å². The molecule has 0 saturated carbocycles. The molecule has 1 aromatic carbocycles. The van der Waals surface area contributed by atoms with Crippen LogP contribution in [0.3, 0.4) is 0 Å². The molecule has 5 nitrogen and oxygen atoms in total. The smallest absolute Gasteiger partial charge is 0.173 e. The summed E-state index contributed by atoms with van der Waals surface area (Å²) >= 11 is 0. The van der Waals surface area contributed by atoms with Crippen molar-refractivity contribution in [3.8, 4) is 11.5 Å². The summed E-state index contributed by atoms with van der Waals surface area (Å²) in [7, 11) is 2.81. The van der Waals surface area contributed by atoms with E-state index in [1.807, 2.05) is 0 Å². The molecule has 5 heteroatoms. The SMILES string of the molecule is COOc1ccc(C[NH])c(OOC)c1. The largest absolute Gasteiger partial charge is 0.338 e. The number of benzene rings is 1. The molecule has 1 N–H and O–H groups in total. The standard InChI is InChI=1S/C9H12NO4/c1-11-13-8-4-3-7(6-10)9(5-8)14-12-2/h3-5,10H,6H2,1-2H3. The monoisotopic (exact) mass is 198 g/mol. The highest BCUT2D eigenvalue weighted by atomic mass is 17.2. The van der Waals surface area contributed by atoms with Crippen molar-refractivity contribution in [2.45, 2.75) is 6.54 Å². The fourth-order valence-electron chi connectivity index (χ4n) is 0.996. The zero-order valence-electron chi connectivity index (χ0n) is 8.07. The Labute approximate surface area is 82.2 Å². The van der Waals surface area contributed by atoms with Crippen LogP contribution >= 0.6 is 0 Å². The quantitative estimate of drug-likeness (QED) is 0.529. The molecule has 0 fully saturated rings. The Hall–Kier alpha value is -1.30. The number of hydrogen-bond acceptors (Lipinski definition) is 4. The molecule has 0 aromatic heterocycles. The van der Waals surface area contributed by atoms with Crippen molar-refractivity contribution in [3.05, 3.63) is 23.8 Å². The topological polar surface area (TPSA) is 60.7 Å². The number of nitrogens with one attached hydrogen (secondary N) is 1. The molecule has 0 heterocycles. The van der Waals surface area contributed by atoms with Crippen LogP contribution in [-0.4, -0.2) is 14.2 Å². The highest BCUT2D eigenvalue weighted by Crippen LogP contribution is 2.25. The fraction of sp³-hybridized carbons (Fsp3) is 0.333. The van der Waals surface area contributed by atoms with Crippen LogP contribution in [0.25, 0.3) is 0 Å². The van der Waals surface area contributed by atoms with Crippen molar-refractivity contribution >= 4 is 0 Å². The summed E-state index contributed by atoms with van der Waals surface area (Å²) in [5, 5.41) is 0. The van der Waals surface area contributed by atoms with Gasteiger partial charge in [-0.1, -0.05) is 0 Å². The van der Waals surface area contributed by atoms with Crippen LogP contribution < -0.4 is 15.5 Å². The predicted molar refractivity (Wildman–Crippen MR) is 48.5 cm³/mol. The summed E-state index contributed by atoms with van der Waals surface area (Å²) in [5.41, 5.74) is 7.95. The van der Waals surface area contributed by atoms with E-state index in [-0.39, 0.29) is 6.54 Å². The third kappa shape index (κ3) is 2.59. The molecular weight excluding hydrogens is 186 g/mol. The summed E-state index contributed by atoms with van der Waals surface area (Å²) in [5.74, 6) is 0.953. The van der Waals surface area contributed by atoms with Crippen LogP contribution in [0.2, 0.25) is 0 Å². The van der Waals surface area contributed by atoms with E-state index in [0.717, 1.165) is 5.56 Å². The van der Waals surface area contributed by atoms with Crippen molar-refractivity contribution in [2.24, 2.45) is 0 Å².